The van der Waals surface area contributed by atoms with E-state index in [1.165, 1.54) is 70.3 Å². The highest BCUT2D eigenvalue weighted by Gasteiger charge is 2.49. The van der Waals surface area contributed by atoms with Crippen LogP contribution in [0.4, 0.5) is 0 Å². The molecule has 1 spiro atoms. The highest BCUT2D eigenvalue weighted by atomic mass is 16.2. The highest BCUT2D eigenvalue weighted by molar-refractivity contribution is 5.85. The van der Waals surface area contributed by atoms with E-state index in [-0.39, 0.29) is 5.92 Å². The summed E-state index contributed by atoms with van der Waals surface area (Å²) in [6.07, 6.45) is 8.65. The molecule has 1 aromatic carbocycles. The van der Waals surface area contributed by atoms with Gasteiger partial charge in [-0.1, -0.05) is 30.3 Å². The minimum Gasteiger partial charge on any atom is -0.339 e. The number of piperidine rings is 3. The number of hydrogen-bond acceptors (Lipinski definition) is 3. The Bertz CT molecular complexity index is 685. The molecule has 4 heteroatoms. The van der Waals surface area contributed by atoms with Crippen molar-refractivity contribution < 1.29 is 4.79 Å². The molecule has 3 aliphatic heterocycles. The molecule has 0 aromatic heterocycles. The Morgan fingerprint density at radius 3 is 2.21 bits per heavy atom. The van der Waals surface area contributed by atoms with Gasteiger partial charge in [-0.05, 0) is 89.2 Å². The van der Waals surface area contributed by atoms with Crippen molar-refractivity contribution in [2.45, 2.75) is 62.9 Å². The predicted molar refractivity (Wildman–Crippen MR) is 112 cm³/mol. The number of benzene rings is 1. The van der Waals surface area contributed by atoms with Gasteiger partial charge in [-0.25, -0.2) is 0 Å². The van der Waals surface area contributed by atoms with Crippen molar-refractivity contribution in [2.75, 3.05) is 39.8 Å². The molecule has 4 aliphatic rings. The summed E-state index contributed by atoms with van der Waals surface area (Å²) in [5, 5.41) is 0. The van der Waals surface area contributed by atoms with Crippen molar-refractivity contribution in [3.8, 4) is 0 Å². The molecule has 3 heterocycles. The van der Waals surface area contributed by atoms with Gasteiger partial charge in [0.1, 0.15) is 0 Å². The second-order valence-electron chi connectivity index (χ2n) is 9.94. The van der Waals surface area contributed by atoms with Gasteiger partial charge in [-0.2, -0.15) is 0 Å². The average Bonchev–Trinajstić information content (AvgIpc) is 3.57. The van der Waals surface area contributed by atoms with Gasteiger partial charge < -0.3 is 14.7 Å². The van der Waals surface area contributed by atoms with Gasteiger partial charge in [-0.3, -0.25) is 4.79 Å². The molecule has 1 aromatic rings. The molecule has 5 rings (SSSR count). The summed E-state index contributed by atoms with van der Waals surface area (Å²) in [5.74, 6) is 0.475. The number of amides is 1. The van der Waals surface area contributed by atoms with Gasteiger partial charge in [0.2, 0.25) is 5.91 Å². The SMILES string of the molecule is CN1CCC(N2CCC3(CC2)CC(c2ccccc2)C(=O)N(C2CC2)C3)CC1. The highest BCUT2D eigenvalue weighted by Crippen LogP contribution is 2.48. The molecule has 1 aliphatic carbocycles. The van der Waals surface area contributed by atoms with Crippen LogP contribution in [0.1, 0.15) is 56.4 Å². The minimum atomic E-state index is 0.0745. The first-order chi connectivity index (χ1) is 13.6. The van der Waals surface area contributed by atoms with E-state index in [9.17, 15) is 4.79 Å². The topological polar surface area (TPSA) is 26.8 Å². The number of likely N-dealkylation sites (tertiary alicyclic amines) is 3. The molecule has 4 nitrogen and oxygen atoms in total. The van der Waals surface area contributed by atoms with Crippen LogP contribution >= 0.6 is 0 Å². The van der Waals surface area contributed by atoms with Crippen LogP contribution in [-0.4, -0.2) is 72.5 Å². The van der Waals surface area contributed by atoms with Crippen molar-refractivity contribution in [3.63, 3.8) is 0 Å². The lowest BCUT2D eigenvalue weighted by molar-refractivity contribution is -0.142. The van der Waals surface area contributed by atoms with Gasteiger partial charge >= 0.3 is 0 Å². The zero-order valence-corrected chi connectivity index (χ0v) is 17.4. The van der Waals surface area contributed by atoms with Crippen LogP contribution in [0.15, 0.2) is 30.3 Å². The molecular formula is C24H35N3O. The summed E-state index contributed by atoms with van der Waals surface area (Å²) in [5.41, 5.74) is 1.56. The summed E-state index contributed by atoms with van der Waals surface area (Å²) in [6.45, 7) is 5.95. The molecule has 1 atom stereocenters. The maximum Gasteiger partial charge on any atom is 0.230 e. The van der Waals surface area contributed by atoms with Crippen LogP contribution in [0.5, 0.6) is 0 Å². The third-order valence-electron chi connectivity index (χ3n) is 7.98. The van der Waals surface area contributed by atoms with Crippen LogP contribution in [0.25, 0.3) is 0 Å². The number of rotatable bonds is 3. The summed E-state index contributed by atoms with van der Waals surface area (Å²) in [7, 11) is 2.25. The van der Waals surface area contributed by atoms with E-state index in [1.54, 1.807) is 0 Å². The molecule has 152 valence electrons. The Hall–Kier alpha value is -1.39. The predicted octanol–water partition coefficient (Wildman–Crippen LogP) is 3.34. The Labute approximate surface area is 169 Å². The van der Waals surface area contributed by atoms with E-state index in [0.29, 0.717) is 17.4 Å². The van der Waals surface area contributed by atoms with Gasteiger partial charge in [0, 0.05) is 18.6 Å². The summed E-state index contributed by atoms with van der Waals surface area (Å²) in [6, 6.07) is 11.9. The monoisotopic (exact) mass is 381 g/mol. The summed E-state index contributed by atoms with van der Waals surface area (Å²) >= 11 is 0. The van der Waals surface area contributed by atoms with Crippen LogP contribution in [0.3, 0.4) is 0 Å². The van der Waals surface area contributed by atoms with Gasteiger partial charge in [0.15, 0.2) is 0 Å². The lowest BCUT2D eigenvalue weighted by atomic mass is 9.67. The number of hydrogen-bond donors (Lipinski definition) is 0. The summed E-state index contributed by atoms with van der Waals surface area (Å²) < 4.78 is 0. The zero-order valence-electron chi connectivity index (χ0n) is 17.4. The van der Waals surface area contributed by atoms with E-state index in [4.69, 9.17) is 0 Å². The van der Waals surface area contributed by atoms with Crippen molar-refractivity contribution >= 4 is 5.91 Å². The second kappa shape index (κ2) is 7.46. The fourth-order valence-corrected chi connectivity index (χ4v) is 5.95. The number of nitrogens with zero attached hydrogens (tertiary/aromatic N) is 3. The Morgan fingerprint density at radius 2 is 1.57 bits per heavy atom. The maximum atomic E-state index is 13.3. The fourth-order valence-electron chi connectivity index (χ4n) is 5.95. The molecule has 1 unspecified atom stereocenters. The first-order valence-corrected chi connectivity index (χ1v) is 11.4. The van der Waals surface area contributed by atoms with Crippen molar-refractivity contribution in [1.82, 2.24) is 14.7 Å². The van der Waals surface area contributed by atoms with Crippen molar-refractivity contribution in [1.29, 1.82) is 0 Å². The molecule has 0 bridgehead atoms. The molecule has 3 saturated heterocycles. The van der Waals surface area contributed by atoms with Crippen molar-refractivity contribution in [3.05, 3.63) is 35.9 Å². The van der Waals surface area contributed by atoms with Crippen LogP contribution in [-0.2, 0) is 4.79 Å². The molecule has 0 radical (unpaired) electrons. The fraction of sp³-hybridized carbons (Fsp3) is 0.708. The standard InChI is InChI=1S/C24H35N3O/c1-25-13-9-20(10-14-25)26-15-11-24(12-16-26)17-22(19-5-3-2-4-6-19)23(28)27(18-24)21-7-8-21/h2-6,20-22H,7-18H2,1H3. The smallest absolute Gasteiger partial charge is 0.230 e. The lowest BCUT2D eigenvalue weighted by Crippen LogP contribution is -2.56. The van der Waals surface area contributed by atoms with E-state index in [2.05, 4.69) is 52.1 Å². The van der Waals surface area contributed by atoms with E-state index in [1.807, 2.05) is 0 Å². The number of carbonyl (C=O) groups is 1. The Kier molecular flexibility index (Phi) is 4.96. The normalized spacial score (nSPS) is 30.1. The Morgan fingerprint density at radius 1 is 0.893 bits per heavy atom. The maximum absolute atomic E-state index is 13.3. The van der Waals surface area contributed by atoms with Crippen LogP contribution in [0, 0.1) is 5.41 Å². The lowest BCUT2D eigenvalue weighted by Gasteiger charge is -2.51. The van der Waals surface area contributed by atoms with Gasteiger partial charge in [0.25, 0.3) is 0 Å². The second-order valence-corrected chi connectivity index (χ2v) is 9.94. The summed E-state index contributed by atoms with van der Waals surface area (Å²) in [4.78, 5) is 20.8. The minimum absolute atomic E-state index is 0.0745. The van der Waals surface area contributed by atoms with E-state index in [0.717, 1.165) is 19.0 Å². The molecule has 1 saturated carbocycles. The average molecular weight is 382 g/mol. The quantitative estimate of drug-likeness (QED) is 0.803. The molecule has 28 heavy (non-hydrogen) atoms. The van der Waals surface area contributed by atoms with Gasteiger partial charge in [0.05, 0.1) is 5.92 Å². The Balaban J connectivity index is 1.31. The van der Waals surface area contributed by atoms with Crippen LogP contribution in [0.2, 0.25) is 0 Å². The molecule has 4 fully saturated rings. The third kappa shape index (κ3) is 3.61. The van der Waals surface area contributed by atoms with E-state index >= 15 is 0 Å². The van der Waals surface area contributed by atoms with Crippen molar-refractivity contribution in [2.24, 2.45) is 5.41 Å². The van der Waals surface area contributed by atoms with Gasteiger partial charge in [-0.15, -0.1) is 0 Å². The van der Waals surface area contributed by atoms with Crippen LogP contribution < -0.4 is 0 Å². The first kappa shape index (κ1) is 18.6. The third-order valence-corrected chi connectivity index (χ3v) is 7.98. The molecule has 1 amide bonds. The molecular weight excluding hydrogens is 346 g/mol. The largest absolute Gasteiger partial charge is 0.339 e. The number of carbonyl (C=O) groups excluding carboxylic acids is 1. The molecule has 0 N–H and O–H groups in total. The zero-order chi connectivity index (χ0) is 19.1. The first-order valence-electron chi connectivity index (χ1n) is 11.4. The van der Waals surface area contributed by atoms with E-state index < -0.39 is 0 Å².